The third-order valence-electron chi connectivity index (χ3n) is 4.34. The van der Waals surface area contributed by atoms with Gasteiger partial charge in [-0.3, -0.25) is 4.79 Å². The number of esters is 1. The van der Waals surface area contributed by atoms with Crippen molar-refractivity contribution < 1.29 is 28.2 Å². The Bertz CT molecular complexity index is 988. The highest BCUT2D eigenvalue weighted by Gasteiger charge is 2.38. The van der Waals surface area contributed by atoms with Crippen molar-refractivity contribution in [1.29, 1.82) is 0 Å². The quantitative estimate of drug-likeness (QED) is 0.504. The molecule has 1 aliphatic heterocycles. The van der Waals surface area contributed by atoms with Crippen LogP contribution in [0.25, 0.3) is 0 Å². The van der Waals surface area contributed by atoms with Crippen LogP contribution in [0, 0.1) is 5.82 Å². The first-order valence-electron chi connectivity index (χ1n) is 9.17. The van der Waals surface area contributed by atoms with E-state index in [9.17, 15) is 14.0 Å². The number of carbonyl (C=O) groups is 2. The third kappa shape index (κ3) is 5.30. The minimum atomic E-state index is -1.13. The van der Waals surface area contributed by atoms with Gasteiger partial charge in [0.05, 0.1) is 18.2 Å². The van der Waals surface area contributed by atoms with Gasteiger partial charge < -0.3 is 19.1 Å². The monoisotopic (exact) mass is 433 g/mol. The largest absolute Gasteiger partial charge is 0.495 e. The molecule has 3 rings (SSSR count). The second-order valence-corrected chi connectivity index (χ2v) is 7.60. The number of methoxy groups -OCH3 is 1. The molecule has 8 heteroatoms. The number of carbonyl (C=O) groups excluding carboxylic acids is 2. The van der Waals surface area contributed by atoms with E-state index in [0.29, 0.717) is 10.8 Å². The van der Waals surface area contributed by atoms with Crippen LogP contribution >= 0.6 is 11.6 Å². The number of rotatable bonds is 6. The van der Waals surface area contributed by atoms with Gasteiger partial charge in [-0.05, 0) is 35.4 Å². The van der Waals surface area contributed by atoms with Crippen molar-refractivity contribution in [2.24, 2.45) is 0 Å². The molecule has 1 aliphatic rings. The fourth-order valence-corrected chi connectivity index (χ4v) is 3.22. The number of amides is 1. The molecule has 2 aromatic carbocycles. The van der Waals surface area contributed by atoms with Crippen LogP contribution in [0.3, 0.4) is 0 Å². The molecule has 0 atom stereocenters. The van der Waals surface area contributed by atoms with Gasteiger partial charge in [-0.1, -0.05) is 29.8 Å². The average Bonchev–Trinajstić information content (AvgIpc) is 2.94. The second kappa shape index (κ2) is 8.75. The summed E-state index contributed by atoms with van der Waals surface area (Å²) in [5, 5.41) is 0.409. The van der Waals surface area contributed by atoms with Crippen LogP contribution in [-0.2, 0) is 32.2 Å². The summed E-state index contributed by atoms with van der Waals surface area (Å²) in [5.74, 6) is -2.32. The van der Waals surface area contributed by atoms with Crippen molar-refractivity contribution in [2.75, 3.05) is 7.11 Å². The summed E-state index contributed by atoms with van der Waals surface area (Å²) in [6.07, 6.45) is 1.10. The van der Waals surface area contributed by atoms with Gasteiger partial charge in [-0.25, -0.2) is 9.18 Å². The Labute approximate surface area is 178 Å². The Hall–Kier alpha value is -3.06. The van der Waals surface area contributed by atoms with Crippen LogP contribution in [0.4, 0.5) is 4.39 Å². The first-order valence-corrected chi connectivity index (χ1v) is 9.54. The number of ether oxygens (including phenoxy) is 3. The molecule has 158 valence electrons. The van der Waals surface area contributed by atoms with Gasteiger partial charge in [0.1, 0.15) is 11.6 Å². The first-order chi connectivity index (χ1) is 14.2. The van der Waals surface area contributed by atoms with Gasteiger partial charge in [0.15, 0.2) is 0 Å². The van der Waals surface area contributed by atoms with E-state index in [1.807, 2.05) is 0 Å². The number of hydrogen-bond donors (Lipinski definition) is 0. The lowest BCUT2D eigenvalue weighted by molar-refractivity contribution is -0.159. The minimum absolute atomic E-state index is 0.165. The van der Waals surface area contributed by atoms with E-state index in [0.717, 1.165) is 17.2 Å². The highest BCUT2D eigenvalue weighted by Crippen LogP contribution is 2.28. The van der Waals surface area contributed by atoms with E-state index in [1.54, 1.807) is 44.2 Å². The minimum Gasteiger partial charge on any atom is -0.495 e. The fourth-order valence-electron chi connectivity index (χ4n) is 2.94. The van der Waals surface area contributed by atoms with Gasteiger partial charge in [0, 0.05) is 26.9 Å². The van der Waals surface area contributed by atoms with E-state index in [4.69, 9.17) is 25.8 Å². The molecule has 1 amide bonds. The van der Waals surface area contributed by atoms with Gasteiger partial charge >= 0.3 is 5.97 Å². The molecule has 0 N–H and O–H groups in total. The third-order valence-corrected chi connectivity index (χ3v) is 4.63. The predicted octanol–water partition coefficient (Wildman–Crippen LogP) is 4.21. The molecule has 30 heavy (non-hydrogen) atoms. The highest BCUT2D eigenvalue weighted by atomic mass is 35.5. The Morgan fingerprint density at radius 1 is 1.13 bits per heavy atom. The van der Waals surface area contributed by atoms with Gasteiger partial charge in [-0.2, -0.15) is 0 Å². The van der Waals surface area contributed by atoms with E-state index in [-0.39, 0.29) is 24.7 Å². The van der Waals surface area contributed by atoms with Crippen molar-refractivity contribution in [3.8, 4) is 5.75 Å². The molecule has 0 bridgehead atoms. The lowest BCUT2D eigenvalue weighted by atomic mass is 10.1. The Morgan fingerprint density at radius 3 is 2.33 bits per heavy atom. The van der Waals surface area contributed by atoms with Crippen molar-refractivity contribution in [2.45, 2.75) is 32.7 Å². The average molecular weight is 434 g/mol. The SMILES string of the molecule is COc1ccc(CN(Cc2ccc(F)cc2)C(=O)C=C2OC(C)(C)OC2=O)cc1Cl. The molecule has 1 fully saturated rings. The smallest absolute Gasteiger partial charge is 0.377 e. The van der Waals surface area contributed by atoms with Crippen LogP contribution in [0.1, 0.15) is 25.0 Å². The molecular weight excluding hydrogens is 413 g/mol. The zero-order valence-electron chi connectivity index (χ0n) is 16.8. The number of benzene rings is 2. The van der Waals surface area contributed by atoms with E-state index in [1.165, 1.54) is 24.1 Å². The Balaban J connectivity index is 1.86. The van der Waals surface area contributed by atoms with Crippen LogP contribution in [0.2, 0.25) is 5.02 Å². The van der Waals surface area contributed by atoms with E-state index < -0.39 is 17.7 Å². The maximum Gasteiger partial charge on any atom is 0.377 e. The standard InChI is InChI=1S/C22H21ClFNO5/c1-22(2)29-19(21(27)30-22)11-20(26)25(12-14-4-7-16(24)8-5-14)13-15-6-9-18(28-3)17(23)10-15/h4-11H,12-13H2,1-3H3. The summed E-state index contributed by atoms with van der Waals surface area (Å²) < 4.78 is 28.9. The summed E-state index contributed by atoms with van der Waals surface area (Å²) in [6.45, 7) is 3.53. The molecule has 1 saturated heterocycles. The first kappa shape index (κ1) is 21.6. The number of hydrogen-bond acceptors (Lipinski definition) is 5. The second-order valence-electron chi connectivity index (χ2n) is 7.19. The van der Waals surface area contributed by atoms with E-state index >= 15 is 0 Å². The lowest BCUT2D eigenvalue weighted by Crippen LogP contribution is -2.29. The highest BCUT2D eigenvalue weighted by molar-refractivity contribution is 6.32. The predicted molar refractivity (Wildman–Crippen MR) is 108 cm³/mol. The van der Waals surface area contributed by atoms with Crippen LogP contribution in [0.15, 0.2) is 54.3 Å². The number of cyclic esters (lactones) is 1. The maximum absolute atomic E-state index is 13.2. The Morgan fingerprint density at radius 2 is 1.77 bits per heavy atom. The van der Waals surface area contributed by atoms with Crippen LogP contribution < -0.4 is 4.74 Å². The number of nitrogens with zero attached hydrogens (tertiary/aromatic N) is 1. The van der Waals surface area contributed by atoms with Crippen LogP contribution in [0.5, 0.6) is 5.75 Å². The van der Waals surface area contributed by atoms with Crippen LogP contribution in [-0.4, -0.2) is 29.7 Å². The van der Waals surface area contributed by atoms with Crippen molar-refractivity contribution in [3.63, 3.8) is 0 Å². The molecule has 0 radical (unpaired) electrons. The maximum atomic E-state index is 13.2. The summed E-state index contributed by atoms with van der Waals surface area (Å²) in [4.78, 5) is 26.4. The normalized spacial score (nSPS) is 16.2. The fraction of sp³-hybridized carbons (Fsp3) is 0.273. The molecule has 0 saturated carbocycles. The molecule has 6 nitrogen and oxygen atoms in total. The number of halogens is 2. The van der Waals surface area contributed by atoms with Crippen molar-refractivity contribution >= 4 is 23.5 Å². The molecule has 1 heterocycles. The lowest BCUT2D eigenvalue weighted by Gasteiger charge is -2.22. The summed E-state index contributed by atoms with van der Waals surface area (Å²) >= 11 is 6.19. The van der Waals surface area contributed by atoms with Crippen molar-refractivity contribution in [3.05, 3.63) is 76.3 Å². The molecular formula is C22H21ClFNO5. The molecule has 0 spiro atoms. The van der Waals surface area contributed by atoms with Gasteiger partial charge in [0.25, 0.3) is 5.91 Å². The topological polar surface area (TPSA) is 65.1 Å². The van der Waals surface area contributed by atoms with E-state index in [2.05, 4.69) is 0 Å². The summed E-state index contributed by atoms with van der Waals surface area (Å²) in [6, 6.07) is 11.0. The van der Waals surface area contributed by atoms with Crippen molar-refractivity contribution in [1.82, 2.24) is 4.90 Å². The van der Waals surface area contributed by atoms with Gasteiger partial charge in [0.2, 0.25) is 11.5 Å². The molecule has 2 aromatic rings. The summed E-state index contributed by atoms with van der Waals surface area (Å²) in [5.41, 5.74) is 1.47. The zero-order valence-corrected chi connectivity index (χ0v) is 17.5. The Kier molecular flexibility index (Phi) is 6.31. The zero-order chi connectivity index (χ0) is 21.9. The molecule has 0 aromatic heterocycles. The molecule has 0 aliphatic carbocycles. The summed E-state index contributed by atoms with van der Waals surface area (Å²) in [7, 11) is 1.51. The van der Waals surface area contributed by atoms with Gasteiger partial charge in [-0.15, -0.1) is 0 Å². The molecule has 0 unspecified atom stereocenters.